The van der Waals surface area contributed by atoms with Crippen LogP contribution in [0.3, 0.4) is 0 Å². The molecule has 17 heavy (non-hydrogen) atoms. The second-order valence-electron chi connectivity index (χ2n) is 6.42. The van der Waals surface area contributed by atoms with Gasteiger partial charge in [-0.2, -0.15) is 0 Å². The van der Waals surface area contributed by atoms with Gasteiger partial charge in [0.2, 0.25) is 0 Å². The van der Waals surface area contributed by atoms with Crippen molar-refractivity contribution >= 4 is 5.97 Å². The van der Waals surface area contributed by atoms with Gasteiger partial charge >= 0.3 is 5.97 Å². The van der Waals surface area contributed by atoms with Gasteiger partial charge in [0.15, 0.2) is 0 Å². The molecule has 0 spiro atoms. The van der Waals surface area contributed by atoms with Gasteiger partial charge < -0.3 is 10.8 Å². The molecule has 0 rings (SSSR count). The van der Waals surface area contributed by atoms with E-state index in [-0.39, 0.29) is 5.54 Å². The summed E-state index contributed by atoms with van der Waals surface area (Å²) >= 11 is 0. The predicted molar refractivity (Wildman–Crippen MR) is 74.0 cm³/mol. The number of carbonyl (C=O) groups is 1. The van der Waals surface area contributed by atoms with Gasteiger partial charge in [0.1, 0.15) is 0 Å². The van der Waals surface area contributed by atoms with E-state index in [1.165, 1.54) is 19.3 Å². The number of aliphatic carboxylic acids is 1. The summed E-state index contributed by atoms with van der Waals surface area (Å²) in [5, 5.41) is 8.25. The number of unbranched alkanes of at least 4 members (excludes halogenated alkanes) is 1. The van der Waals surface area contributed by atoms with Crippen molar-refractivity contribution in [2.75, 3.05) is 0 Å². The lowest BCUT2D eigenvalue weighted by Gasteiger charge is -2.26. The van der Waals surface area contributed by atoms with Gasteiger partial charge in [-0.3, -0.25) is 4.79 Å². The first-order chi connectivity index (χ1) is 7.42. The Morgan fingerprint density at radius 3 is 1.76 bits per heavy atom. The first kappa shape index (κ1) is 18.8. The lowest BCUT2D eigenvalue weighted by molar-refractivity contribution is -0.145. The Morgan fingerprint density at radius 1 is 1.24 bits per heavy atom. The van der Waals surface area contributed by atoms with Crippen LogP contribution < -0.4 is 5.73 Å². The second-order valence-corrected chi connectivity index (χ2v) is 6.42. The van der Waals surface area contributed by atoms with Gasteiger partial charge in [0.25, 0.3) is 0 Å². The summed E-state index contributed by atoms with van der Waals surface area (Å²) in [7, 11) is 0. The first-order valence-electron chi connectivity index (χ1n) is 6.45. The molecule has 104 valence electrons. The Hall–Kier alpha value is -0.570. The van der Waals surface area contributed by atoms with Crippen molar-refractivity contribution in [2.24, 2.45) is 17.1 Å². The van der Waals surface area contributed by atoms with Crippen LogP contribution in [0.2, 0.25) is 0 Å². The van der Waals surface area contributed by atoms with Crippen molar-refractivity contribution in [3.05, 3.63) is 0 Å². The molecule has 0 aromatic rings. The lowest BCUT2D eigenvalue weighted by atomic mass is 9.86. The molecule has 3 N–H and O–H groups in total. The molecule has 0 saturated carbocycles. The van der Waals surface area contributed by atoms with Crippen LogP contribution in [0.25, 0.3) is 0 Å². The summed E-state index contributed by atoms with van der Waals surface area (Å²) in [4.78, 5) is 10.0. The van der Waals surface area contributed by atoms with Crippen LogP contribution in [0.1, 0.15) is 67.7 Å². The molecule has 0 aromatic carbocycles. The highest BCUT2D eigenvalue weighted by molar-refractivity contribution is 5.72. The Balaban J connectivity index is 0. The normalized spacial score (nSPS) is 13.6. The minimum absolute atomic E-state index is 0.00910. The van der Waals surface area contributed by atoms with Gasteiger partial charge in [-0.05, 0) is 47.0 Å². The molecular weight excluding hydrogens is 214 g/mol. The van der Waals surface area contributed by atoms with Crippen LogP contribution in [-0.4, -0.2) is 16.6 Å². The highest BCUT2D eigenvalue weighted by Gasteiger charge is 2.19. The average molecular weight is 245 g/mol. The molecule has 1 unspecified atom stereocenters. The van der Waals surface area contributed by atoms with E-state index >= 15 is 0 Å². The largest absolute Gasteiger partial charge is 0.481 e. The molecule has 1 atom stereocenters. The topological polar surface area (TPSA) is 63.3 Å². The van der Waals surface area contributed by atoms with Crippen LogP contribution in [0.4, 0.5) is 0 Å². The van der Waals surface area contributed by atoms with Gasteiger partial charge in [-0.25, -0.2) is 0 Å². The Bertz CT molecular complexity index is 211. The van der Waals surface area contributed by atoms with E-state index in [1.807, 2.05) is 0 Å². The summed E-state index contributed by atoms with van der Waals surface area (Å²) in [6, 6.07) is 0. The fourth-order valence-corrected chi connectivity index (χ4v) is 0.882. The number of carboxylic acids is 1. The highest BCUT2D eigenvalue weighted by atomic mass is 16.4. The van der Waals surface area contributed by atoms with Crippen molar-refractivity contribution in [1.82, 2.24) is 0 Å². The molecule has 0 heterocycles. The van der Waals surface area contributed by atoms with Gasteiger partial charge in [-0.15, -0.1) is 0 Å². The Labute approximate surface area is 107 Å². The molecule has 0 aromatic heterocycles. The van der Waals surface area contributed by atoms with E-state index in [2.05, 4.69) is 27.7 Å². The van der Waals surface area contributed by atoms with Crippen molar-refractivity contribution in [2.45, 2.75) is 73.3 Å². The molecule has 0 aliphatic carbocycles. The summed E-state index contributed by atoms with van der Waals surface area (Å²) in [6.07, 6.45) is 3.85. The molecular formula is C14H31NO2. The zero-order valence-electron chi connectivity index (χ0n) is 12.6. The number of nitrogens with two attached hydrogens (primary N) is 1. The molecule has 3 nitrogen and oxygen atoms in total. The van der Waals surface area contributed by atoms with Crippen LogP contribution in [0, 0.1) is 11.3 Å². The third-order valence-corrected chi connectivity index (χ3v) is 2.90. The fourth-order valence-electron chi connectivity index (χ4n) is 0.882. The van der Waals surface area contributed by atoms with Gasteiger partial charge in [0, 0.05) is 5.54 Å². The summed E-state index contributed by atoms with van der Waals surface area (Å²) in [5.74, 6) is -0.111. The number of hydrogen-bond acceptors (Lipinski definition) is 2. The summed E-state index contributed by atoms with van der Waals surface area (Å²) in [6.45, 7) is 13.6. The van der Waals surface area contributed by atoms with E-state index in [0.29, 0.717) is 5.92 Å². The van der Waals surface area contributed by atoms with E-state index in [0.717, 1.165) is 0 Å². The maximum atomic E-state index is 10.0. The minimum atomic E-state index is -0.757. The van der Waals surface area contributed by atoms with Crippen molar-refractivity contribution in [3.8, 4) is 0 Å². The zero-order valence-corrected chi connectivity index (χ0v) is 12.6. The smallest absolute Gasteiger partial charge is 0.308 e. The first-order valence-corrected chi connectivity index (χ1v) is 6.45. The predicted octanol–water partition coefficient (Wildman–Crippen LogP) is 3.67. The summed E-state index contributed by atoms with van der Waals surface area (Å²) in [5.41, 5.74) is 5.35. The van der Waals surface area contributed by atoms with Crippen molar-refractivity contribution in [1.29, 1.82) is 0 Å². The van der Waals surface area contributed by atoms with Crippen LogP contribution >= 0.6 is 0 Å². The van der Waals surface area contributed by atoms with E-state index < -0.39 is 11.4 Å². The number of hydrogen-bond donors (Lipinski definition) is 2. The van der Waals surface area contributed by atoms with Gasteiger partial charge in [0.05, 0.1) is 5.41 Å². The van der Waals surface area contributed by atoms with Crippen molar-refractivity contribution in [3.63, 3.8) is 0 Å². The van der Waals surface area contributed by atoms with E-state index in [1.54, 1.807) is 20.8 Å². The lowest BCUT2D eigenvalue weighted by Crippen LogP contribution is -2.39. The van der Waals surface area contributed by atoms with Crippen LogP contribution in [0.15, 0.2) is 0 Å². The SMILES string of the molecule is CC(C)(C)C(=O)O.CCCCC(C)C(C)(C)N. The molecule has 0 saturated heterocycles. The average Bonchev–Trinajstić information content (AvgIpc) is 2.11. The second kappa shape index (κ2) is 7.70. The standard InChI is InChI=1S/C9H21N.C5H10O2/c1-5-6-7-8(2)9(3,4)10;1-5(2,3)4(6)7/h8H,5-7,10H2,1-4H3;1-3H3,(H,6,7). The minimum Gasteiger partial charge on any atom is -0.481 e. The molecule has 0 fully saturated rings. The highest BCUT2D eigenvalue weighted by Crippen LogP contribution is 2.18. The molecule has 0 radical (unpaired) electrons. The Morgan fingerprint density at radius 2 is 1.59 bits per heavy atom. The van der Waals surface area contributed by atoms with Crippen LogP contribution in [-0.2, 0) is 4.79 Å². The molecule has 0 bridgehead atoms. The number of carboxylic acid groups (broad SMARTS) is 1. The molecule has 0 aliphatic heterocycles. The Kier molecular flexibility index (Phi) is 8.51. The maximum absolute atomic E-state index is 10.0. The molecule has 3 heteroatoms. The quantitative estimate of drug-likeness (QED) is 0.794. The van der Waals surface area contributed by atoms with Gasteiger partial charge in [-0.1, -0.05) is 26.7 Å². The monoisotopic (exact) mass is 245 g/mol. The summed E-state index contributed by atoms with van der Waals surface area (Å²) < 4.78 is 0. The maximum Gasteiger partial charge on any atom is 0.308 e. The van der Waals surface area contributed by atoms with E-state index in [9.17, 15) is 4.79 Å². The third kappa shape index (κ3) is 11.7. The molecule has 0 aliphatic rings. The number of rotatable bonds is 4. The van der Waals surface area contributed by atoms with E-state index in [4.69, 9.17) is 10.8 Å². The molecule has 0 amide bonds. The third-order valence-electron chi connectivity index (χ3n) is 2.90. The fraction of sp³-hybridized carbons (Fsp3) is 0.929. The van der Waals surface area contributed by atoms with Crippen molar-refractivity contribution < 1.29 is 9.90 Å². The zero-order chi connectivity index (χ0) is 14.3. The van der Waals surface area contributed by atoms with Crippen LogP contribution in [0.5, 0.6) is 0 Å².